The molecule has 2 aromatic carbocycles. The molecule has 0 atom stereocenters. The molecule has 0 radical (unpaired) electrons. The number of benzene rings is 2. The molecule has 2 fully saturated rings. The van der Waals surface area contributed by atoms with E-state index in [4.69, 9.17) is 16.3 Å². The number of halogens is 1. The van der Waals surface area contributed by atoms with Gasteiger partial charge < -0.3 is 25.2 Å². The van der Waals surface area contributed by atoms with Crippen LogP contribution in [0.5, 0.6) is 5.75 Å². The Kier molecular flexibility index (Phi) is 9.25. The zero-order chi connectivity index (χ0) is 31.6. The van der Waals surface area contributed by atoms with Crippen LogP contribution in [-0.4, -0.2) is 78.8 Å². The Balaban J connectivity index is 1.25. The zero-order valence-corrected chi connectivity index (χ0v) is 27.5. The van der Waals surface area contributed by atoms with E-state index in [1.54, 1.807) is 25.4 Å². The first-order chi connectivity index (χ1) is 21.7. The lowest BCUT2D eigenvalue weighted by Gasteiger charge is -2.38. The topological polar surface area (TPSA) is 125 Å². The van der Waals surface area contributed by atoms with Gasteiger partial charge in [-0.1, -0.05) is 18.5 Å². The van der Waals surface area contributed by atoms with Gasteiger partial charge in [0.1, 0.15) is 10.8 Å². The maximum absolute atomic E-state index is 12.3. The van der Waals surface area contributed by atoms with Crippen LogP contribution in [0.15, 0.2) is 42.9 Å². The van der Waals surface area contributed by atoms with Crippen LogP contribution in [0.3, 0.4) is 0 Å². The van der Waals surface area contributed by atoms with E-state index >= 15 is 0 Å². The number of nitrogens with one attached hydrogen (secondary N) is 2. The number of nitrogens with zero attached hydrogens (tertiary/aromatic N) is 6. The van der Waals surface area contributed by atoms with Crippen molar-refractivity contribution < 1.29 is 13.2 Å². The molecule has 45 heavy (non-hydrogen) atoms. The maximum atomic E-state index is 12.3. The fourth-order valence-corrected chi connectivity index (χ4v) is 7.37. The van der Waals surface area contributed by atoms with Crippen LogP contribution < -0.4 is 20.3 Å². The standard InChI is InChI=1S/C32H39ClN8O3S/c1-4-21-17-27(29(44-2)18-28(21)41-15-9-22(10-16-41)40-13-5-6-14-40)38-32-36-19-24(33)31(39-32)37-25-7-8-26-30(35-12-11-34-26)23(25)20-45(3,42)43/h7-8,11-12,17-19,22H,4-6,9-10,13-16,20H2,1-3H3,(H2,36,37,38,39). The van der Waals surface area contributed by atoms with E-state index in [9.17, 15) is 8.42 Å². The molecule has 13 heteroatoms. The molecular formula is C32H39ClN8O3S. The number of aromatic nitrogens is 4. The summed E-state index contributed by atoms with van der Waals surface area (Å²) >= 11 is 6.52. The van der Waals surface area contributed by atoms with E-state index in [0.717, 1.165) is 25.2 Å². The van der Waals surface area contributed by atoms with Gasteiger partial charge in [-0.15, -0.1) is 0 Å². The third-order valence-corrected chi connectivity index (χ3v) is 9.73. The van der Waals surface area contributed by atoms with Crippen molar-refractivity contribution in [3.8, 4) is 5.75 Å². The summed E-state index contributed by atoms with van der Waals surface area (Å²) in [7, 11) is -1.72. The second-order valence-corrected chi connectivity index (χ2v) is 14.3. The lowest BCUT2D eigenvalue weighted by molar-refractivity contribution is 0.208. The zero-order valence-electron chi connectivity index (χ0n) is 25.9. The Morgan fingerprint density at radius 3 is 2.47 bits per heavy atom. The molecule has 6 rings (SSSR count). The molecule has 0 unspecified atom stereocenters. The second-order valence-electron chi connectivity index (χ2n) is 11.7. The van der Waals surface area contributed by atoms with Gasteiger partial charge in [0, 0.05) is 60.8 Å². The molecule has 2 aliphatic rings. The summed E-state index contributed by atoms with van der Waals surface area (Å²) in [5.41, 5.74) is 5.26. The van der Waals surface area contributed by atoms with Crippen molar-refractivity contribution in [2.45, 2.75) is 50.8 Å². The van der Waals surface area contributed by atoms with Crippen LogP contribution in [0.1, 0.15) is 43.7 Å². The number of methoxy groups -OCH3 is 1. The highest BCUT2D eigenvalue weighted by molar-refractivity contribution is 7.89. The average molecular weight is 651 g/mol. The molecule has 2 N–H and O–H groups in total. The van der Waals surface area contributed by atoms with Crippen molar-refractivity contribution in [1.29, 1.82) is 0 Å². The number of ether oxygens (including phenoxy) is 1. The van der Waals surface area contributed by atoms with Crippen LogP contribution in [-0.2, 0) is 22.0 Å². The highest BCUT2D eigenvalue weighted by atomic mass is 35.5. The largest absolute Gasteiger partial charge is 0.494 e. The fraction of sp³-hybridized carbons (Fsp3) is 0.438. The summed E-state index contributed by atoms with van der Waals surface area (Å²) in [5, 5.41) is 6.81. The molecule has 4 aromatic rings. The van der Waals surface area contributed by atoms with E-state index in [-0.39, 0.29) is 10.8 Å². The second kappa shape index (κ2) is 13.3. The summed E-state index contributed by atoms with van der Waals surface area (Å²) < 4.78 is 30.5. The molecule has 0 bridgehead atoms. The van der Waals surface area contributed by atoms with Gasteiger partial charge in [-0.2, -0.15) is 4.98 Å². The first-order valence-electron chi connectivity index (χ1n) is 15.4. The van der Waals surface area contributed by atoms with Crippen molar-refractivity contribution in [2.24, 2.45) is 0 Å². The van der Waals surface area contributed by atoms with Gasteiger partial charge in [0.2, 0.25) is 5.95 Å². The molecule has 4 heterocycles. The number of hydrogen-bond acceptors (Lipinski definition) is 11. The van der Waals surface area contributed by atoms with Crippen molar-refractivity contribution in [3.05, 3.63) is 59.0 Å². The summed E-state index contributed by atoms with van der Waals surface area (Å²) in [5.74, 6) is 1.10. The van der Waals surface area contributed by atoms with E-state index < -0.39 is 9.84 Å². The number of likely N-dealkylation sites (tertiary alicyclic amines) is 1. The lowest BCUT2D eigenvalue weighted by atomic mass is 10.0. The Bertz CT molecular complexity index is 1790. The number of aryl methyl sites for hydroxylation is 1. The third-order valence-electron chi connectivity index (χ3n) is 8.64. The van der Waals surface area contributed by atoms with Crippen molar-refractivity contribution in [1.82, 2.24) is 24.8 Å². The molecule has 2 aliphatic heterocycles. The van der Waals surface area contributed by atoms with E-state index in [2.05, 4.69) is 59.4 Å². The normalized spacial score (nSPS) is 16.3. The minimum Gasteiger partial charge on any atom is -0.494 e. The van der Waals surface area contributed by atoms with E-state index in [1.165, 1.54) is 68.7 Å². The molecule has 2 saturated heterocycles. The average Bonchev–Trinajstić information content (AvgIpc) is 3.58. The van der Waals surface area contributed by atoms with Crippen LogP contribution in [0, 0.1) is 0 Å². The van der Waals surface area contributed by atoms with Crippen molar-refractivity contribution in [3.63, 3.8) is 0 Å². The lowest BCUT2D eigenvalue weighted by Crippen LogP contribution is -2.44. The summed E-state index contributed by atoms with van der Waals surface area (Å²) in [6, 6.07) is 8.44. The van der Waals surface area contributed by atoms with E-state index in [0.29, 0.717) is 45.8 Å². The Morgan fingerprint density at radius 1 is 1.00 bits per heavy atom. The van der Waals surface area contributed by atoms with Gasteiger partial charge in [0.05, 0.1) is 35.8 Å². The van der Waals surface area contributed by atoms with Crippen LogP contribution >= 0.6 is 11.6 Å². The van der Waals surface area contributed by atoms with Gasteiger partial charge in [-0.3, -0.25) is 9.97 Å². The van der Waals surface area contributed by atoms with Crippen LogP contribution in [0.25, 0.3) is 11.0 Å². The Morgan fingerprint density at radius 2 is 1.76 bits per heavy atom. The number of fused-ring (bicyclic) bond motifs is 1. The SMILES string of the molecule is CCc1cc(Nc2ncc(Cl)c(Nc3ccc4nccnc4c3CS(C)(=O)=O)n2)c(OC)cc1N1CCC(N2CCCC2)CC1. The van der Waals surface area contributed by atoms with Gasteiger partial charge in [0.15, 0.2) is 15.7 Å². The summed E-state index contributed by atoms with van der Waals surface area (Å²) in [6.07, 6.45) is 11.7. The van der Waals surface area contributed by atoms with Crippen molar-refractivity contribution in [2.75, 3.05) is 55.1 Å². The Labute approximate surface area is 269 Å². The van der Waals surface area contributed by atoms with Gasteiger partial charge in [-0.05, 0) is 69.0 Å². The molecular weight excluding hydrogens is 612 g/mol. The molecule has 0 saturated carbocycles. The fourth-order valence-electron chi connectivity index (χ4n) is 6.42. The molecule has 0 spiro atoms. The Hall–Kier alpha value is -3.74. The minimum absolute atomic E-state index is 0.224. The number of hydrogen-bond donors (Lipinski definition) is 2. The van der Waals surface area contributed by atoms with Gasteiger partial charge in [-0.25, -0.2) is 13.4 Å². The molecule has 238 valence electrons. The number of anilines is 5. The first-order valence-corrected chi connectivity index (χ1v) is 17.8. The quantitative estimate of drug-likeness (QED) is 0.218. The van der Waals surface area contributed by atoms with E-state index in [1.807, 2.05) is 0 Å². The summed E-state index contributed by atoms with van der Waals surface area (Å²) in [4.78, 5) is 22.9. The highest BCUT2D eigenvalue weighted by Crippen LogP contribution is 2.38. The van der Waals surface area contributed by atoms with Crippen LogP contribution in [0.2, 0.25) is 5.02 Å². The van der Waals surface area contributed by atoms with Gasteiger partial charge in [0.25, 0.3) is 0 Å². The summed E-state index contributed by atoms with van der Waals surface area (Å²) in [6.45, 7) is 6.70. The van der Waals surface area contributed by atoms with Crippen LogP contribution in [0.4, 0.5) is 28.8 Å². The molecule has 0 amide bonds. The number of sulfone groups is 1. The first kappa shape index (κ1) is 31.3. The number of rotatable bonds is 10. The molecule has 2 aromatic heterocycles. The monoisotopic (exact) mass is 650 g/mol. The predicted molar refractivity (Wildman–Crippen MR) is 180 cm³/mol. The number of piperidine rings is 1. The molecule has 11 nitrogen and oxygen atoms in total. The highest BCUT2D eigenvalue weighted by Gasteiger charge is 2.28. The molecule has 0 aliphatic carbocycles. The smallest absolute Gasteiger partial charge is 0.229 e. The minimum atomic E-state index is -3.38. The van der Waals surface area contributed by atoms with Gasteiger partial charge >= 0.3 is 0 Å². The maximum Gasteiger partial charge on any atom is 0.229 e. The predicted octanol–water partition coefficient (Wildman–Crippen LogP) is 5.74. The van der Waals surface area contributed by atoms with Crippen molar-refractivity contribution >= 4 is 61.3 Å². The third kappa shape index (κ3) is 7.08.